The van der Waals surface area contributed by atoms with Gasteiger partial charge in [-0.3, -0.25) is 4.79 Å². The van der Waals surface area contributed by atoms with Gasteiger partial charge in [-0.15, -0.1) is 5.10 Å². The smallest absolute Gasteiger partial charge is 0.230 e. The summed E-state index contributed by atoms with van der Waals surface area (Å²) in [7, 11) is 3.19. The van der Waals surface area contributed by atoms with Gasteiger partial charge in [0.15, 0.2) is 0 Å². The highest BCUT2D eigenvalue weighted by Crippen LogP contribution is 2.26. The Labute approximate surface area is 120 Å². The molecule has 0 aliphatic carbocycles. The minimum absolute atomic E-state index is 0.0826. The molecule has 1 N–H and O–H groups in total. The van der Waals surface area contributed by atoms with Crippen molar-refractivity contribution in [3.05, 3.63) is 23.8 Å². The summed E-state index contributed by atoms with van der Waals surface area (Å²) in [5.41, 5.74) is 1.82. The van der Waals surface area contributed by atoms with Crippen LogP contribution in [-0.4, -0.2) is 46.0 Å². The number of benzene rings is 1. The lowest BCUT2D eigenvalue weighted by Crippen LogP contribution is -2.20. The number of nitrogens with zero attached hydrogens (tertiary/aromatic N) is 4. The minimum atomic E-state index is -0.0826. The van der Waals surface area contributed by atoms with Gasteiger partial charge in [0.05, 0.1) is 12.9 Å². The molecular formula is C12H15N5O2S. The quantitative estimate of drug-likeness (QED) is 0.822. The molecule has 2 rings (SSSR count). The maximum absolute atomic E-state index is 11.3. The van der Waals surface area contributed by atoms with E-state index in [1.807, 2.05) is 25.1 Å². The van der Waals surface area contributed by atoms with E-state index in [2.05, 4.69) is 20.8 Å². The molecule has 0 atom stereocenters. The van der Waals surface area contributed by atoms with Gasteiger partial charge in [0.25, 0.3) is 0 Å². The molecule has 2 aromatic rings. The molecule has 0 saturated carbocycles. The molecule has 8 heteroatoms. The van der Waals surface area contributed by atoms with Crippen LogP contribution in [0.1, 0.15) is 5.56 Å². The molecule has 0 aliphatic heterocycles. The highest BCUT2D eigenvalue weighted by molar-refractivity contribution is 7.99. The number of amides is 1. The summed E-state index contributed by atoms with van der Waals surface area (Å²) < 4.78 is 6.89. The van der Waals surface area contributed by atoms with Crippen LogP contribution in [0.3, 0.4) is 0 Å². The number of ether oxygens (including phenoxy) is 1. The van der Waals surface area contributed by atoms with Crippen LogP contribution in [0.15, 0.2) is 23.4 Å². The Morgan fingerprint density at radius 2 is 2.30 bits per heavy atom. The van der Waals surface area contributed by atoms with E-state index in [1.54, 1.807) is 18.8 Å². The largest absolute Gasteiger partial charge is 0.494 e. The molecule has 1 heterocycles. The molecule has 1 aromatic heterocycles. The Morgan fingerprint density at radius 3 is 3.00 bits per heavy atom. The monoisotopic (exact) mass is 293 g/mol. The lowest BCUT2D eigenvalue weighted by molar-refractivity contribution is -0.118. The summed E-state index contributed by atoms with van der Waals surface area (Å²) in [4.78, 5) is 11.3. The van der Waals surface area contributed by atoms with Crippen molar-refractivity contribution in [2.45, 2.75) is 12.1 Å². The molecule has 20 heavy (non-hydrogen) atoms. The summed E-state index contributed by atoms with van der Waals surface area (Å²) in [6.45, 7) is 1.98. The first-order chi connectivity index (χ1) is 9.65. The van der Waals surface area contributed by atoms with Crippen LogP contribution in [0.5, 0.6) is 5.75 Å². The highest BCUT2D eigenvalue weighted by atomic mass is 32.2. The van der Waals surface area contributed by atoms with E-state index < -0.39 is 0 Å². The molecule has 0 saturated heterocycles. The van der Waals surface area contributed by atoms with Crippen molar-refractivity contribution in [2.24, 2.45) is 0 Å². The number of aryl methyl sites for hydroxylation is 1. The van der Waals surface area contributed by atoms with E-state index in [4.69, 9.17) is 4.74 Å². The van der Waals surface area contributed by atoms with E-state index >= 15 is 0 Å². The molecule has 0 radical (unpaired) electrons. The van der Waals surface area contributed by atoms with Gasteiger partial charge in [0.2, 0.25) is 11.1 Å². The molecule has 1 amide bonds. The van der Waals surface area contributed by atoms with Crippen LogP contribution in [0, 0.1) is 6.92 Å². The SMILES string of the molecule is CNC(=O)CSc1nnnn1-c1cc(C)ccc1OC. The van der Waals surface area contributed by atoms with E-state index in [-0.39, 0.29) is 11.7 Å². The van der Waals surface area contributed by atoms with Gasteiger partial charge in [-0.2, -0.15) is 4.68 Å². The zero-order chi connectivity index (χ0) is 14.5. The van der Waals surface area contributed by atoms with Gasteiger partial charge in [-0.25, -0.2) is 0 Å². The summed E-state index contributed by atoms with van der Waals surface area (Å²) in [5.74, 6) is 0.843. The fourth-order valence-electron chi connectivity index (χ4n) is 1.59. The number of carbonyl (C=O) groups is 1. The van der Waals surface area contributed by atoms with E-state index in [9.17, 15) is 4.79 Å². The maximum Gasteiger partial charge on any atom is 0.230 e. The first kappa shape index (κ1) is 14.3. The maximum atomic E-state index is 11.3. The standard InChI is InChI=1S/C12H15N5O2S/c1-8-4-5-10(19-3)9(6-8)17-12(14-15-16-17)20-7-11(18)13-2/h4-6H,7H2,1-3H3,(H,13,18). The fourth-order valence-corrected chi connectivity index (χ4v) is 2.34. The Kier molecular flexibility index (Phi) is 4.57. The number of thioether (sulfide) groups is 1. The van der Waals surface area contributed by atoms with Crippen LogP contribution >= 0.6 is 11.8 Å². The average molecular weight is 293 g/mol. The number of hydrogen-bond acceptors (Lipinski definition) is 6. The van der Waals surface area contributed by atoms with Crippen molar-refractivity contribution in [2.75, 3.05) is 19.9 Å². The van der Waals surface area contributed by atoms with Crippen molar-refractivity contribution < 1.29 is 9.53 Å². The number of aromatic nitrogens is 4. The molecule has 0 aliphatic rings. The number of methoxy groups -OCH3 is 1. The van der Waals surface area contributed by atoms with Gasteiger partial charge in [0, 0.05) is 7.05 Å². The lowest BCUT2D eigenvalue weighted by Gasteiger charge is -2.10. The Balaban J connectivity index is 2.32. The van der Waals surface area contributed by atoms with Gasteiger partial charge in [-0.1, -0.05) is 17.8 Å². The molecule has 0 unspecified atom stereocenters. The summed E-state index contributed by atoms with van der Waals surface area (Å²) >= 11 is 1.27. The normalized spacial score (nSPS) is 10.3. The van der Waals surface area contributed by atoms with Crippen molar-refractivity contribution in [3.63, 3.8) is 0 Å². The van der Waals surface area contributed by atoms with Crippen LogP contribution < -0.4 is 10.1 Å². The molecule has 0 fully saturated rings. The van der Waals surface area contributed by atoms with E-state index in [0.29, 0.717) is 10.9 Å². The number of carbonyl (C=O) groups excluding carboxylic acids is 1. The molecular weight excluding hydrogens is 278 g/mol. The second-order valence-electron chi connectivity index (χ2n) is 4.01. The third-order valence-electron chi connectivity index (χ3n) is 2.61. The van der Waals surface area contributed by atoms with Crippen LogP contribution in [0.25, 0.3) is 5.69 Å². The predicted octanol–water partition coefficient (Wildman–Crippen LogP) is 0.817. The van der Waals surface area contributed by atoms with E-state index in [1.165, 1.54) is 11.8 Å². The fraction of sp³-hybridized carbons (Fsp3) is 0.333. The summed E-state index contributed by atoms with van der Waals surface area (Å²) in [6.07, 6.45) is 0. The van der Waals surface area contributed by atoms with Crippen LogP contribution in [-0.2, 0) is 4.79 Å². The second kappa shape index (κ2) is 6.38. The van der Waals surface area contributed by atoms with Crippen molar-refractivity contribution in [1.82, 2.24) is 25.5 Å². The van der Waals surface area contributed by atoms with Gasteiger partial charge < -0.3 is 10.1 Å². The highest BCUT2D eigenvalue weighted by Gasteiger charge is 2.14. The zero-order valence-electron chi connectivity index (χ0n) is 11.5. The second-order valence-corrected chi connectivity index (χ2v) is 4.95. The number of hydrogen-bond donors (Lipinski definition) is 1. The average Bonchev–Trinajstić information content (AvgIpc) is 2.92. The molecule has 7 nitrogen and oxygen atoms in total. The molecule has 1 aromatic carbocycles. The van der Waals surface area contributed by atoms with Crippen molar-refractivity contribution >= 4 is 17.7 Å². The third-order valence-corrected chi connectivity index (χ3v) is 3.53. The number of tetrazole rings is 1. The third kappa shape index (κ3) is 3.08. The Morgan fingerprint density at radius 1 is 1.50 bits per heavy atom. The molecule has 0 spiro atoms. The minimum Gasteiger partial charge on any atom is -0.494 e. The van der Waals surface area contributed by atoms with Crippen molar-refractivity contribution in [3.8, 4) is 11.4 Å². The molecule has 106 valence electrons. The summed E-state index contributed by atoms with van der Waals surface area (Å²) in [6, 6.07) is 5.74. The predicted molar refractivity (Wildman–Crippen MR) is 75.2 cm³/mol. The first-order valence-electron chi connectivity index (χ1n) is 5.92. The van der Waals surface area contributed by atoms with Crippen LogP contribution in [0.4, 0.5) is 0 Å². The first-order valence-corrected chi connectivity index (χ1v) is 6.91. The lowest BCUT2D eigenvalue weighted by atomic mass is 10.2. The van der Waals surface area contributed by atoms with Gasteiger partial charge in [-0.05, 0) is 35.0 Å². The van der Waals surface area contributed by atoms with Gasteiger partial charge >= 0.3 is 0 Å². The number of rotatable bonds is 5. The Bertz CT molecular complexity index is 614. The summed E-state index contributed by atoms with van der Waals surface area (Å²) in [5, 5.41) is 14.7. The Hall–Kier alpha value is -2.09. The van der Waals surface area contributed by atoms with E-state index in [0.717, 1.165) is 11.3 Å². The molecule has 0 bridgehead atoms. The van der Waals surface area contributed by atoms with Gasteiger partial charge in [0.1, 0.15) is 11.4 Å². The van der Waals surface area contributed by atoms with Crippen LogP contribution in [0.2, 0.25) is 0 Å². The zero-order valence-corrected chi connectivity index (χ0v) is 12.3. The number of nitrogens with one attached hydrogen (secondary N) is 1. The topological polar surface area (TPSA) is 81.9 Å². The van der Waals surface area contributed by atoms with Crippen molar-refractivity contribution in [1.29, 1.82) is 0 Å².